The molecule has 0 radical (unpaired) electrons. The Morgan fingerprint density at radius 3 is 2.31 bits per heavy atom. The van der Waals surface area contributed by atoms with E-state index in [1.165, 1.54) is 7.11 Å². The number of carbonyl (C=O) groups is 2. The molecule has 0 atom stereocenters. The quantitative estimate of drug-likeness (QED) is 0.471. The molecule has 1 heterocycles. The molecule has 3 aromatic rings. The van der Waals surface area contributed by atoms with Gasteiger partial charge in [0, 0.05) is 22.4 Å². The summed E-state index contributed by atoms with van der Waals surface area (Å²) in [7, 11) is 2.96. The van der Waals surface area contributed by atoms with Crippen molar-refractivity contribution in [2.45, 2.75) is 6.42 Å². The van der Waals surface area contributed by atoms with E-state index in [9.17, 15) is 9.59 Å². The molecule has 0 aliphatic carbocycles. The summed E-state index contributed by atoms with van der Waals surface area (Å²) < 4.78 is 10.1. The molecular formula is C21H18O4S. The summed E-state index contributed by atoms with van der Waals surface area (Å²) in [5.74, 6) is 0.362. The van der Waals surface area contributed by atoms with Crippen LogP contribution in [-0.4, -0.2) is 26.0 Å². The van der Waals surface area contributed by atoms with Crippen molar-refractivity contribution in [1.29, 1.82) is 0 Å². The molecule has 0 aliphatic heterocycles. The van der Waals surface area contributed by atoms with Gasteiger partial charge in [0.1, 0.15) is 5.75 Å². The lowest BCUT2D eigenvalue weighted by Gasteiger charge is -2.09. The predicted octanol–water partition coefficient (Wildman–Crippen LogP) is 4.64. The molecule has 0 unspecified atom stereocenters. The topological polar surface area (TPSA) is 52.6 Å². The van der Waals surface area contributed by atoms with E-state index in [2.05, 4.69) is 4.74 Å². The van der Waals surface area contributed by atoms with Gasteiger partial charge >= 0.3 is 5.97 Å². The average molecular weight is 366 g/mol. The molecule has 132 valence electrons. The molecule has 0 saturated heterocycles. The number of rotatable bonds is 6. The van der Waals surface area contributed by atoms with Gasteiger partial charge in [-0.15, -0.1) is 11.3 Å². The summed E-state index contributed by atoms with van der Waals surface area (Å²) in [5, 5.41) is 1.99. The molecule has 26 heavy (non-hydrogen) atoms. The molecular weight excluding hydrogens is 348 g/mol. The van der Waals surface area contributed by atoms with E-state index in [0.717, 1.165) is 21.8 Å². The van der Waals surface area contributed by atoms with E-state index >= 15 is 0 Å². The number of carbonyl (C=O) groups excluding carboxylic acids is 2. The van der Waals surface area contributed by atoms with Crippen molar-refractivity contribution >= 4 is 23.1 Å². The molecule has 0 N–H and O–H groups in total. The Labute approximate surface area is 156 Å². The molecule has 3 rings (SSSR count). The molecule has 0 spiro atoms. The summed E-state index contributed by atoms with van der Waals surface area (Å²) in [6.07, 6.45) is 0.262. The SMILES string of the molecule is COC(=O)c1ccc(CC(=O)c2ccc(OC)c(-c3cccs3)c2)cc1. The second kappa shape index (κ2) is 7.97. The minimum atomic E-state index is -0.390. The van der Waals surface area contributed by atoms with Crippen molar-refractivity contribution in [3.05, 3.63) is 76.7 Å². The van der Waals surface area contributed by atoms with Gasteiger partial charge in [-0.05, 0) is 47.3 Å². The first-order valence-corrected chi connectivity index (χ1v) is 8.92. The maximum absolute atomic E-state index is 12.7. The summed E-state index contributed by atoms with van der Waals surface area (Å²) in [4.78, 5) is 25.2. The van der Waals surface area contributed by atoms with Crippen LogP contribution in [0.4, 0.5) is 0 Å². The van der Waals surface area contributed by atoms with E-state index in [4.69, 9.17) is 4.74 Å². The van der Waals surface area contributed by atoms with Crippen LogP contribution in [0.15, 0.2) is 60.0 Å². The molecule has 0 amide bonds. The van der Waals surface area contributed by atoms with Crippen LogP contribution >= 0.6 is 11.3 Å². The Morgan fingerprint density at radius 1 is 0.962 bits per heavy atom. The number of hydrogen-bond acceptors (Lipinski definition) is 5. The molecule has 0 fully saturated rings. The highest BCUT2D eigenvalue weighted by Crippen LogP contribution is 2.34. The Bertz CT molecular complexity index is 912. The summed E-state index contributed by atoms with van der Waals surface area (Å²) in [6.45, 7) is 0. The van der Waals surface area contributed by atoms with Crippen molar-refractivity contribution in [1.82, 2.24) is 0 Å². The van der Waals surface area contributed by atoms with Crippen LogP contribution in [0.5, 0.6) is 5.75 Å². The van der Waals surface area contributed by atoms with Crippen LogP contribution in [0, 0.1) is 0 Å². The second-order valence-corrected chi connectivity index (χ2v) is 6.63. The van der Waals surface area contributed by atoms with E-state index in [0.29, 0.717) is 11.1 Å². The highest BCUT2D eigenvalue weighted by Gasteiger charge is 2.13. The molecule has 1 aromatic heterocycles. The summed E-state index contributed by atoms with van der Waals surface area (Å²) in [5.41, 5.74) is 2.85. The van der Waals surface area contributed by atoms with Crippen LogP contribution in [-0.2, 0) is 11.2 Å². The first kappa shape index (κ1) is 17.9. The number of thiophene rings is 1. The van der Waals surface area contributed by atoms with Crippen molar-refractivity contribution < 1.29 is 19.1 Å². The minimum Gasteiger partial charge on any atom is -0.496 e. The van der Waals surface area contributed by atoms with Gasteiger partial charge < -0.3 is 9.47 Å². The molecule has 0 bridgehead atoms. The number of esters is 1. The highest BCUT2D eigenvalue weighted by molar-refractivity contribution is 7.13. The minimum absolute atomic E-state index is 0.0104. The molecule has 5 heteroatoms. The van der Waals surface area contributed by atoms with E-state index < -0.39 is 5.97 Å². The van der Waals surface area contributed by atoms with Gasteiger partial charge in [-0.3, -0.25) is 4.79 Å². The second-order valence-electron chi connectivity index (χ2n) is 5.68. The van der Waals surface area contributed by atoms with Crippen molar-refractivity contribution in [3.8, 4) is 16.2 Å². The van der Waals surface area contributed by atoms with Gasteiger partial charge in [-0.1, -0.05) is 18.2 Å². The smallest absolute Gasteiger partial charge is 0.337 e. The maximum Gasteiger partial charge on any atom is 0.337 e. The van der Waals surface area contributed by atoms with Gasteiger partial charge in [0.25, 0.3) is 0 Å². The number of ether oxygens (including phenoxy) is 2. The third-order valence-corrected chi connectivity index (χ3v) is 4.95. The number of ketones is 1. The molecule has 0 saturated carbocycles. The zero-order valence-corrected chi connectivity index (χ0v) is 15.3. The fourth-order valence-electron chi connectivity index (χ4n) is 2.67. The summed E-state index contributed by atoms with van der Waals surface area (Å²) in [6, 6.07) is 16.3. The van der Waals surface area contributed by atoms with E-state index in [1.807, 2.05) is 29.6 Å². The summed E-state index contributed by atoms with van der Waals surface area (Å²) >= 11 is 1.60. The van der Waals surface area contributed by atoms with E-state index in [-0.39, 0.29) is 12.2 Å². The molecule has 0 aliphatic rings. The monoisotopic (exact) mass is 366 g/mol. The van der Waals surface area contributed by atoms with Crippen LogP contribution < -0.4 is 4.74 Å². The first-order chi connectivity index (χ1) is 12.6. The normalized spacial score (nSPS) is 10.4. The zero-order chi connectivity index (χ0) is 18.5. The number of Topliss-reactive ketones (excluding diaryl/α,β-unsaturated/α-hetero) is 1. The van der Waals surface area contributed by atoms with Crippen molar-refractivity contribution in [3.63, 3.8) is 0 Å². The Hall–Kier alpha value is -2.92. The van der Waals surface area contributed by atoms with Gasteiger partial charge in [0.2, 0.25) is 0 Å². The van der Waals surface area contributed by atoms with Crippen LogP contribution in [0.2, 0.25) is 0 Å². The maximum atomic E-state index is 12.7. The van der Waals surface area contributed by atoms with Crippen LogP contribution in [0.3, 0.4) is 0 Å². The average Bonchev–Trinajstić information content (AvgIpc) is 3.22. The Kier molecular flexibility index (Phi) is 5.49. The van der Waals surface area contributed by atoms with Crippen molar-refractivity contribution in [2.75, 3.05) is 14.2 Å². The zero-order valence-electron chi connectivity index (χ0n) is 14.5. The van der Waals surface area contributed by atoms with Crippen LogP contribution in [0.25, 0.3) is 10.4 Å². The standard InChI is InChI=1S/C21H18O4S/c1-24-19-10-9-16(13-17(19)20-4-3-11-26-20)18(22)12-14-5-7-15(8-6-14)21(23)25-2/h3-11,13H,12H2,1-2H3. The fourth-order valence-corrected chi connectivity index (χ4v) is 3.42. The lowest BCUT2D eigenvalue weighted by Crippen LogP contribution is -2.05. The number of hydrogen-bond donors (Lipinski definition) is 0. The molecule has 4 nitrogen and oxygen atoms in total. The Balaban J connectivity index is 1.82. The predicted molar refractivity (Wildman–Crippen MR) is 102 cm³/mol. The largest absolute Gasteiger partial charge is 0.496 e. The third-order valence-electron chi connectivity index (χ3n) is 4.05. The highest BCUT2D eigenvalue weighted by atomic mass is 32.1. The van der Waals surface area contributed by atoms with Gasteiger partial charge in [0.15, 0.2) is 5.78 Å². The van der Waals surface area contributed by atoms with E-state index in [1.54, 1.807) is 48.8 Å². The van der Waals surface area contributed by atoms with Crippen LogP contribution in [0.1, 0.15) is 26.3 Å². The van der Waals surface area contributed by atoms with Gasteiger partial charge in [0.05, 0.1) is 19.8 Å². The fraction of sp³-hybridized carbons (Fsp3) is 0.143. The first-order valence-electron chi connectivity index (χ1n) is 8.04. The lowest BCUT2D eigenvalue weighted by molar-refractivity contribution is 0.0600. The lowest BCUT2D eigenvalue weighted by atomic mass is 9.99. The van der Waals surface area contributed by atoms with Crippen molar-refractivity contribution in [2.24, 2.45) is 0 Å². The molecule has 2 aromatic carbocycles. The number of methoxy groups -OCH3 is 2. The number of benzene rings is 2. The Morgan fingerprint density at radius 2 is 1.69 bits per heavy atom. The third kappa shape index (κ3) is 3.83. The van der Waals surface area contributed by atoms with Gasteiger partial charge in [-0.25, -0.2) is 4.79 Å². The van der Waals surface area contributed by atoms with Gasteiger partial charge in [-0.2, -0.15) is 0 Å².